The van der Waals surface area contributed by atoms with Crippen molar-refractivity contribution in [3.8, 4) is 0 Å². The average molecular weight is 347 g/mol. The molecule has 0 spiro atoms. The summed E-state index contributed by atoms with van der Waals surface area (Å²) in [5.74, 6) is -4.41. The van der Waals surface area contributed by atoms with Gasteiger partial charge in [0.1, 0.15) is 11.9 Å². The van der Waals surface area contributed by atoms with E-state index in [9.17, 15) is 28.5 Å². The van der Waals surface area contributed by atoms with E-state index in [0.717, 1.165) is 4.90 Å². The van der Waals surface area contributed by atoms with Crippen molar-refractivity contribution in [1.29, 1.82) is 0 Å². The van der Waals surface area contributed by atoms with Gasteiger partial charge in [-0.05, 0) is 17.7 Å². The molecule has 0 radical (unpaired) electrons. The number of primary amides is 1. The van der Waals surface area contributed by atoms with Crippen LogP contribution in [0.5, 0.6) is 0 Å². The lowest BCUT2D eigenvalue weighted by Crippen LogP contribution is -2.46. The SMILES string of the molecule is NC(=O)[C@@H]1Cc2ccccc2N1C(=O)c1cc(F)c([N+](=O)[O-])cc1F. The largest absolute Gasteiger partial charge is 0.368 e. The summed E-state index contributed by atoms with van der Waals surface area (Å²) >= 11 is 0. The minimum absolute atomic E-state index is 0.147. The van der Waals surface area contributed by atoms with Gasteiger partial charge >= 0.3 is 5.69 Å². The van der Waals surface area contributed by atoms with Crippen LogP contribution in [0.4, 0.5) is 20.2 Å². The molecule has 1 heterocycles. The van der Waals surface area contributed by atoms with Crippen LogP contribution in [0, 0.1) is 21.7 Å². The van der Waals surface area contributed by atoms with Crippen LogP contribution in [-0.4, -0.2) is 22.8 Å². The summed E-state index contributed by atoms with van der Waals surface area (Å²) in [6.45, 7) is 0. The van der Waals surface area contributed by atoms with Gasteiger partial charge in [0.2, 0.25) is 11.7 Å². The number of rotatable bonds is 3. The van der Waals surface area contributed by atoms with Gasteiger partial charge in [0.15, 0.2) is 0 Å². The second-order valence-corrected chi connectivity index (χ2v) is 5.47. The van der Waals surface area contributed by atoms with E-state index in [0.29, 0.717) is 23.4 Å². The van der Waals surface area contributed by atoms with Crippen LogP contribution >= 0.6 is 0 Å². The number of carbonyl (C=O) groups excluding carboxylic acids is 2. The van der Waals surface area contributed by atoms with Crippen molar-refractivity contribution in [3.63, 3.8) is 0 Å². The molecular formula is C16H11F2N3O4. The van der Waals surface area contributed by atoms with Crippen LogP contribution in [-0.2, 0) is 11.2 Å². The lowest BCUT2D eigenvalue weighted by molar-refractivity contribution is -0.387. The Labute approximate surface area is 139 Å². The summed E-state index contributed by atoms with van der Waals surface area (Å²) in [7, 11) is 0. The predicted octanol–water partition coefficient (Wildman–Crippen LogP) is 1.93. The number of nitrogens with two attached hydrogens (primary N) is 1. The maximum atomic E-state index is 14.2. The van der Waals surface area contributed by atoms with Crippen molar-refractivity contribution in [3.05, 3.63) is 69.3 Å². The lowest BCUT2D eigenvalue weighted by Gasteiger charge is -2.23. The molecule has 3 rings (SSSR count). The molecule has 2 amide bonds. The molecule has 1 aliphatic rings. The molecule has 7 nitrogen and oxygen atoms in total. The van der Waals surface area contributed by atoms with Gasteiger partial charge in [-0.2, -0.15) is 4.39 Å². The number of hydrogen-bond acceptors (Lipinski definition) is 4. The van der Waals surface area contributed by atoms with Crippen LogP contribution in [0.2, 0.25) is 0 Å². The van der Waals surface area contributed by atoms with Gasteiger partial charge in [0.25, 0.3) is 5.91 Å². The van der Waals surface area contributed by atoms with E-state index in [4.69, 9.17) is 5.73 Å². The minimum atomic E-state index is -1.35. The average Bonchev–Trinajstić information content (AvgIpc) is 2.95. The smallest absolute Gasteiger partial charge is 0.307 e. The minimum Gasteiger partial charge on any atom is -0.368 e. The highest BCUT2D eigenvalue weighted by Crippen LogP contribution is 2.34. The predicted molar refractivity (Wildman–Crippen MR) is 83.0 cm³/mol. The first-order chi connectivity index (χ1) is 11.8. The summed E-state index contributed by atoms with van der Waals surface area (Å²) in [4.78, 5) is 35.0. The zero-order valence-electron chi connectivity index (χ0n) is 12.6. The van der Waals surface area contributed by atoms with Gasteiger partial charge in [0.05, 0.1) is 16.6 Å². The number of para-hydroxylation sites is 1. The quantitative estimate of drug-likeness (QED) is 0.676. The van der Waals surface area contributed by atoms with Crippen LogP contribution in [0.15, 0.2) is 36.4 Å². The number of nitro groups is 1. The van der Waals surface area contributed by atoms with Gasteiger partial charge in [-0.15, -0.1) is 0 Å². The molecule has 0 saturated carbocycles. The molecule has 1 atom stereocenters. The third kappa shape index (κ3) is 2.69. The first-order valence-electron chi connectivity index (χ1n) is 7.15. The summed E-state index contributed by atoms with van der Waals surface area (Å²) in [6, 6.07) is 6.30. The summed E-state index contributed by atoms with van der Waals surface area (Å²) in [5.41, 5.74) is 4.54. The monoisotopic (exact) mass is 347 g/mol. The highest BCUT2D eigenvalue weighted by Gasteiger charge is 2.39. The Balaban J connectivity index is 2.09. The normalized spacial score (nSPS) is 15.8. The third-order valence-electron chi connectivity index (χ3n) is 3.99. The van der Waals surface area contributed by atoms with Gasteiger partial charge in [-0.1, -0.05) is 18.2 Å². The highest BCUT2D eigenvalue weighted by molar-refractivity contribution is 6.11. The molecule has 25 heavy (non-hydrogen) atoms. The fourth-order valence-corrected chi connectivity index (χ4v) is 2.83. The van der Waals surface area contributed by atoms with Crippen LogP contribution in [0.25, 0.3) is 0 Å². The summed E-state index contributed by atoms with van der Waals surface area (Å²) in [5, 5.41) is 10.7. The van der Waals surface area contributed by atoms with Crippen molar-refractivity contribution in [2.24, 2.45) is 5.73 Å². The Morgan fingerprint density at radius 1 is 1.20 bits per heavy atom. The van der Waals surface area contributed by atoms with Crippen molar-refractivity contribution in [2.45, 2.75) is 12.5 Å². The van der Waals surface area contributed by atoms with Crippen LogP contribution in [0.3, 0.4) is 0 Å². The van der Waals surface area contributed by atoms with Crippen molar-refractivity contribution < 1.29 is 23.3 Å². The maximum Gasteiger partial charge on any atom is 0.307 e. The Bertz CT molecular complexity index is 916. The number of halogens is 2. The van der Waals surface area contributed by atoms with Gasteiger partial charge in [-0.25, -0.2) is 4.39 Å². The second-order valence-electron chi connectivity index (χ2n) is 5.47. The van der Waals surface area contributed by atoms with Gasteiger partial charge < -0.3 is 5.73 Å². The Kier molecular flexibility index (Phi) is 3.91. The van der Waals surface area contributed by atoms with E-state index in [2.05, 4.69) is 0 Å². The van der Waals surface area contributed by atoms with E-state index >= 15 is 0 Å². The molecule has 2 N–H and O–H groups in total. The van der Waals surface area contributed by atoms with Gasteiger partial charge in [-0.3, -0.25) is 24.6 Å². The molecule has 0 aliphatic carbocycles. The topological polar surface area (TPSA) is 107 Å². The van der Waals surface area contributed by atoms with E-state index in [-0.39, 0.29) is 6.42 Å². The summed E-state index contributed by atoms with van der Waals surface area (Å²) < 4.78 is 28.0. The number of benzene rings is 2. The van der Waals surface area contributed by atoms with E-state index in [1.807, 2.05) is 0 Å². The van der Waals surface area contributed by atoms with Crippen LogP contribution in [0.1, 0.15) is 15.9 Å². The fourth-order valence-electron chi connectivity index (χ4n) is 2.83. The van der Waals surface area contributed by atoms with Crippen molar-refractivity contribution >= 4 is 23.2 Å². The van der Waals surface area contributed by atoms with Crippen LogP contribution < -0.4 is 10.6 Å². The molecule has 0 aromatic heterocycles. The molecule has 0 saturated heterocycles. The molecular weight excluding hydrogens is 336 g/mol. The zero-order valence-corrected chi connectivity index (χ0v) is 12.6. The molecule has 0 bridgehead atoms. The van der Waals surface area contributed by atoms with Gasteiger partial charge in [0, 0.05) is 12.1 Å². The maximum absolute atomic E-state index is 14.2. The van der Waals surface area contributed by atoms with E-state index in [1.54, 1.807) is 24.3 Å². The van der Waals surface area contributed by atoms with Crippen molar-refractivity contribution in [1.82, 2.24) is 0 Å². The lowest BCUT2D eigenvalue weighted by atomic mass is 10.1. The number of anilines is 1. The molecule has 128 valence electrons. The van der Waals surface area contributed by atoms with E-state index < -0.39 is 45.7 Å². The first-order valence-corrected chi connectivity index (χ1v) is 7.15. The Hall–Kier alpha value is -3.36. The number of fused-ring (bicyclic) bond motifs is 1. The number of nitrogens with zero attached hydrogens (tertiary/aromatic N) is 2. The molecule has 9 heteroatoms. The molecule has 1 aliphatic heterocycles. The molecule has 0 fully saturated rings. The standard InChI is InChI=1S/C16H11F2N3O4/c17-10-7-13(21(24)25)11(18)6-9(10)16(23)20-12-4-2-1-3-8(12)5-14(20)15(19)22/h1-4,6-7,14H,5H2,(H2,19,22)/t14-/m0/s1. The zero-order chi connectivity index (χ0) is 18.3. The number of nitro benzene ring substituents is 1. The Morgan fingerprint density at radius 3 is 2.52 bits per heavy atom. The number of amides is 2. The van der Waals surface area contributed by atoms with Crippen molar-refractivity contribution in [2.75, 3.05) is 4.90 Å². The fraction of sp³-hybridized carbons (Fsp3) is 0.125. The Morgan fingerprint density at radius 2 is 1.88 bits per heavy atom. The molecule has 2 aromatic carbocycles. The number of carbonyl (C=O) groups is 2. The second kappa shape index (κ2) is 5.93. The summed E-state index contributed by atoms with van der Waals surface area (Å²) in [6.07, 6.45) is 0.147. The number of hydrogen-bond donors (Lipinski definition) is 1. The molecule has 2 aromatic rings. The molecule has 0 unspecified atom stereocenters. The highest BCUT2D eigenvalue weighted by atomic mass is 19.1. The first kappa shape index (κ1) is 16.5. The third-order valence-corrected chi connectivity index (χ3v) is 3.99. The van der Waals surface area contributed by atoms with E-state index in [1.165, 1.54) is 0 Å².